The number of aliphatic hydroxyl groups is 1. The number of hydrogen-bond acceptors (Lipinski definition) is 3. The Morgan fingerprint density at radius 3 is 2.65 bits per heavy atom. The van der Waals surface area contributed by atoms with Gasteiger partial charge in [0.25, 0.3) is 0 Å². The molecule has 1 aromatic rings. The van der Waals surface area contributed by atoms with Gasteiger partial charge in [-0.05, 0) is 38.0 Å². The zero-order chi connectivity index (χ0) is 12.5. The first kappa shape index (κ1) is 12.4. The van der Waals surface area contributed by atoms with Crippen molar-refractivity contribution in [1.82, 2.24) is 0 Å². The molecule has 92 valence electrons. The molecule has 1 saturated heterocycles. The van der Waals surface area contributed by atoms with Crippen molar-refractivity contribution in [3.8, 4) is 0 Å². The third-order valence-corrected chi connectivity index (χ3v) is 3.53. The van der Waals surface area contributed by atoms with Gasteiger partial charge in [-0.25, -0.2) is 0 Å². The lowest BCUT2D eigenvalue weighted by molar-refractivity contribution is 0.0351. The summed E-state index contributed by atoms with van der Waals surface area (Å²) in [6.07, 6.45) is 2.26. The number of benzene rings is 1. The first-order chi connectivity index (χ1) is 8.02. The van der Waals surface area contributed by atoms with Crippen LogP contribution in [0.1, 0.15) is 30.1 Å². The predicted octanol–water partition coefficient (Wildman–Crippen LogP) is 2.50. The van der Waals surface area contributed by atoms with Crippen molar-refractivity contribution in [2.45, 2.75) is 25.4 Å². The molecule has 0 radical (unpaired) electrons. The second-order valence-electron chi connectivity index (χ2n) is 4.80. The van der Waals surface area contributed by atoms with Crippen LogP contribution >= 0.6 is 11.6 Å². The number of halogens is 1. The number of aldehydes is 1. The number of nitrogens with zero attached hydrogens (tertiary/aromatic N) is 1. The van der Waals surface area contributed by atoms with Crippen LogP contribution < -0.4 is 4.90 Å². The Balaban J connectivity index is 2.21. The topological polar surface area (TPSA) is 40.5 Å². The number of anilines is 1. The van der Waals surface area contributed by atoms with Gasteiger partial charge in [-0.15, -0.1) is 0 Å². The smallest absolute Gasteiger partial charge is 0.152 e. The largest absolute Gasteiger partial charge is 0.390 e. The van der Waals surface area contributed by atoms with E-state index in [2.05, 4.69) is 4.90 Å². The molecule has 0 spiro atoms. The molecule has 1 aromatic carbocycles. The van der Waals surface area contributed by atoms with E-state index in [9.17, 15) is 9.90 Å². The summed E-state index contributed by atoms with van der Waals surface area (Å²) in [5, 5.41) is 10.5. The first-order valence-electron chi connectivity index (χ1n) is 5.74. The zero-order valence-electron chi connectivity index (χ0n) is 9.82. The molecular weight excluding hydrogens is 238 g/mol. The molecule has 1 aliphatic heterocycles. The molecule has 1 aliphatic rings. The van der Waals surface area contributed by atoms with Gasteiger partial charge in [0.15, 0.2) is 6.29 Å². The highest BCUT2D eigenvalue weighted by molar-refractivity contribution is 6.31. The summed E-state index contributed by atoms with van der Waals surface area (Å²) in [4.78, 5) is 13.1. The van der Waals surface area contributed by atoms with Crippen LogP contribution in [0.5, 0.6) is 0 Å². The number of hydrogen-bond donors (Lipinski definition) is 1. The molecule has 1 N–H and O–H groups in total. The van der Waals surface area contributed by atoms with Crippen molar-refractivity contribution in [3.05, 3.63) is 28.8 Å². The average Bonchev–Trinajstić information content (AvgIpc) is 2.29. The van der Waals surface area contributed by atoms with E-state index in [0.29, 0.717) is 23.4 Å². The van der Waals surface area contributed by atoms with Crippen molar-refractivity contribution in [3.63, 3.8) is 0 Å². The summed E-state index contributed by atoms with van der Waals surface area (Å²) in [5.74, 6) is 0. The Hall–Kier alpha value is -1.06. The van der Waals surface area contributed by atoms with Gasteiger partial charge >= 0.3 is 0 Å². The van der Waals surface area contributed by atoms with Crippen molar-refractivity contribution in [2.24, 2.45) is 0 Å². The monoisotopic (exact) mass is 253 g/mol. The Bertz CT molecular complexity index is 421. The van der Waals surface area contributed by atoms with Gasteiger partial charge < -0.3 is 10.0 Å². The first-order valence-corrected chi connectivity index (χ1v) is 6.12. The van der Waals surface area contributed by atoms with Gasteiger partial charge in [0.05, 0.1) is 5.60 Å². The fourth-order valence-corrected chi connectivity index (χ4v) is 2.32. The lowest BCUT2D eigenvalue weighted by Gasteiger charge is -2.37. The maximum Gasteiger partial charge on any atom is 0.152 e. The number of piperidine rings is 1. The molecule has 0 saturated carbocycles. The third-order valence-electron chi connectivity index (χ3n) is 3.30. The van der Waals surface area contributed by atoms with Crippen molar-refractivity contribution < 1.29 is 9.90 Å². The minimum absolute atomic E-state index is 0.569. The SMILES string of the molecule is CC1(O)CCN(c2ccc(Cl)cc2C=O)CC1. The van der Waals surface area contributed by atoms with Crippen LogP contribution in [0, 0.1) is 0 Å². The van der Waals surface area contributed by atoms with Crippen LogP contribution in [0.3, 0.4) is 0 Å². The quantitative estimate of drug-likeness (QED) is 0.824. The normalized spacial score (nSPS) is 19.1. The van der Waals surface area contributed by atoms with E-state index < -0.39 is 5.60 Å². The molecule has 3 nitrogen and oxygen atoms in total. The summed E-state index contributed by atoms with van der Waals surface area (Å²) in [5.41, 5.74) is 0.934. The zero-order valence-corrected chi connectivity index (χ0v) is 10.6. The van der Waals surface area contributed by atoms with Crippen LogP contribution in [0.15, 0.2) is 18.2 Å². The molecule has 0 unspecified atom stereocenters. The minimum Gasteiger partial charge on any atom is -0.390 e. The third kappa shape index (κ3) is 2.79. The number of carbonyl (C=O) groups excluding carboxylic acids is 1. The molecule has 0 aliphatic carbocycles. The molecule has 1 fully saturated rings. The second-order valence-corrected chi connectivity index (χ2v) is 5.24. The molecule has 2 rings (SSSR count). The van der Waals surface area contributed by atoms with E-state index in [-0.39, 0.29) is 0 Å². The van der Waals surface area contributed by atoms with E-state index in [4.69, 9.17) is 11.6 Å². The maximum absolute atomic E-state index is 11.0. The van der Waals surface area contributed by atoms with Gasteiger partial charge in [-0.3, -0.25) is 4.79 Å². The molecule has 1 heterocycles. The van der Waals surface area contributed by atoms with Gasteiger partial charge in [0.2, 0.25) is 0 Å². The summed E-state index contributed by atoms with van der Waals surface area (Å²) >= 11 is 5.86. The van der Waals surface area contributed by atoms with Gasteiger partial charge in [0.1, 0.15) is 0 Å². The lowest BCUT2D eigenvalue weighted by Crippen LogP contribution is -2.42. The van der Waals surface area contributed by atoms with Gasteiger partial charge in [-0.1, -0.05) is 11.6 Å². The van der Waals surface area contributed by atoms with Gasteiger partial charge in [-0.2, -0.15) is 0 Å². The predicted molar refractivity (Wildman–Crippen MR) is 68.9 cm³/mol. The standard InChI is InChI=1S/C13H16ClNO2/c1-13(17)4-6-15(7-5-13)12-3-2-11(14)8-10(12)9-16/h2-3,8-9,17H,4-7H2,1H3. The molecular formula is C13H16ClNO2. The van der Waals surface area contributed by atoms with Crippen molar-refractivity contribution in [2.75, 3.05) is 18.0 Å². The Morgan fingerprint density at radius 1 is 1.41 bits per heavy atom. The molecule has 0 aromatic heterocycles. The summed E-state index contributed by atoms with van der Waals surface area (Å²) in [7, 11) is 0. The molecule has 0 amide bonds. The van der Waals surface area contributed by atoms with E-state index in [0.717, 1.165) is 25.1 Å². The van der Waals surface area contributed by atoms with E-state index >= 15 is 0 Å². The Morgan fingerprint density at radius 2 is 2.06 bits per heavy atom. The average molecular weight is 254 g/mol. The van der Waals surface area contributed by atoms with Crippen molar-refractivity contribution >= 4 is 23.6 Å². The highest BCUT2D eigenvalue weighted by Gasteiger charge is 2.28. The molecule has 0 atom stereocenters. The molecule has 0 bridgehead atoms. The summed E-state index contributed by atoms with van der Waals surface area (Å²) < 4.78 is 0. The highest BCUT2D eigenvalue weighted by Crippen LogP contribution is 2.29. The van der Waals surface area contributed by atoms with Crippen molar-refractivity contribution in [1.29, 1.82) is 0 Å². The lowest BCUT2D eigenvalue weighted by atomic mass is 9.93. The van der Waals surface area contributed by atoms with Crippen LogP contribution in [0.25, 0.3) is 0 Å². The van der Waals surface area contributed by atoms with Crippen LogP contribution in [-0.4, -0.2) is 30.1 Å². The Kier molecular flexibility index (Phi) is 3.40. The van der Waals surface area contributed by atoms with Gasteiger partial charge in [0, 0.05) is 29.4 Å². The molecule has 4 heteroatoms. The fourth-order valence-electron chi connectivity index (χ4n) is 2.14. The minimum atomic E-state index is -0.579. The number of carbonyl (C=O) groups is 1. The Labute approximate surface area is 106 Å². The number of rotatable bonds is 2. The molecule has 17 heavy (non-hydrogen) atoms. The maximum atomic E-state index is 11.0. The van der Waals surface area contributed by atoms with E-state index in [1.54, 1.807) is 12.1 Å². The second kappa shape index (κ2) is 4.67. The van der Waals surface area contributed by atoms with E-state index in [1.807, 2.05) is 13.0 Å². The highest BCUT2D eigenvalue weighted by atomic mass is 35.5. The summed E-state index contributed by atoms with van der Waals surface area (Å²) in [6.45, 7) is 3.37. The summed E-state index contributed by atoms with van der Waals surface area (Å²) in [6, 6.07) is 5.33. The van der Waals surface area contributed by atoms with E-state index in [1.165, 1.54) is 0 Å². The van der Waals surface area contributed by atoms with Crippen LogP contribution in [0.2, 0.25) is 5.02 Å². The van der Waals surface area contributed by atoms with Crippen LogP contribution in [0.4, 0.5) is 5.69 Å². The fraction of sp³-hybridized carbons (Fsp3) is 0.462. The van der Waals surface area contributed by atoms with Crippen LogP contribution in [-0.2, 0) is 0 Å².